The third-order valence-electron chi connectivity index (χ3n) is 6.57. The van der Waals surface area contributed by atoms with Crippen LogP contribution in [0.15, 0.2) is 70.7 Å². The number of aromatic nitrogens is 3. The number of carbonyl (C=O) groups is 1. The Labute approximate surface area is 232 Å². The van der Waals surface area contributed by atoms with E-state index in [1.807, 2.05) is 36.5 Å². The van der Waals surface area contributed by atoms with Gasteiger partial charge in [-0.05, 0) is 55.9 Å². The van der Waals surface area contributed by atoms with Crippen LogP contribution < -0.4 is 10.9 Å². The molecular formula is C29H26N4O2S3. The molecular weight excluding hydrogens is 533 g/mol. The molecule has 0 bridgehead atoms. The summed E-state index contributed by atoms with van der Waals surface area (Å²) in [6, 6.07) is 17.9. The molecule has 1 aliphatic rings. The molecule has 0 unspecified atom stereocenters. The Balaban J connectivity index is 1.22. The zero-order valence-electron chi connectivity index (χ0n) is 20.9. The number of fused-ring (bicyclic) bond motifs is 3. The van der Waals surface area contributed by atoms with E-state index in [-0.39, 0.29) is 17.2 Å². The van der Waals surface area contributed by atoms with E-state index in [4.69, 9.17) is 4.98 Å². The van der Waals surface area contributed by atoms with Crippen LogP contribution in [0.5, 0.6) is 0 Å². The van der Waals surface area contributed by atoms with E-state index >= 15 is 0 Å². The molecule has 3 heterocycles. The maximum Gasteiger partial charge on any atom is 0.267 e. The van der Waals surface area contributed by atoms with Crippen LogP contribution in [-0.2, 0) is 24.1 Å². The molecule has 0 radical (unpaired) electrons. The smallest absolute Gasteiger partial charge is 0.267 e. The third kappa shape index (κ3) is 5.18. The number of rotatable bonds is 7. The van der Waals surface area contributed by atoms with Crippen molar-refractivity contribution in [2.75, 3.05) is 11.1 Å². The number of thioether (sulfide) groups is 1. The highest BCUT2D eigenvalue weighted by Crippen LogP contribution is 2.35. The van der Waals surface area contributed by atoms with Gasteiger partial charge in [0.2, 0.25) is 5.91 Å². The van der Waals surface area contributed by atoms with Gasteiger partial charge in [-0.25, -0.2) is 9.97 Å². The zero-order chi connectivity index (χ0) is 26.1. The summed E-state index contributed by atoms with van der Waals surface area (Å²) in [6.07, 6.45) is 6.78. The molecule has 0 fully saturated rings. The summed E-state index contributed by atoms with van der Waals surface area (Å²) >= 11 is 4.39. The highest BCUT2D eigenvalue weighted by Gasteiger charge is 2.23. The summed E-state index contributed by atoms with van der Waals surface area (Å²) in [7, 11) is 0. The lowest BCUT2D eigenvalue weighted by molar-refractivity contribution is -0.113. The summed E-state index contributed by atoms with van der Waals surface area (Å²) in [5.41, 5.74) is 4.31. The fourth-order valence-electron chi connectivity index (χ4n) is 4.84. The largest absolute Gasteiger partial charge is 0.301 e. The number of thiophene rings is 1. The van der Waals surface area contributed by atoms with Gasteiger partial charge in [-0.2, -0.15) is 0 Å². The number of nitrogens with one attached hydrogen (secondary N) is 1. The average Bonchev–Trinajstić information content (AvgIpc) is 3.51. The van der Waals surface area contributed by atoms with Crippen molar-refractivity contribution in [2.45, 2.75) is 44.2 Å². The second-order valence-electron chi connectivity index (χ2n) is 9.40. The Morgan fingerprint density at radius 3 is 2.76 bits per heavy atom. The third-order valence-corrected chi connectivity index (χ3v) is 9.60. The molecule has 1 amide bonds. The first-order valence-corrected chi connectivity index (χ1v) is 15.2. The van der Waals surface area contributed by atoms with Gasteiger partial charge in [0, 0.05) is 22.4 Å². The van der Waals surface area contributed by atoms with Gasteiger partial charge in [-0.15, -0.1) is 22.7 Å². The topological polar surface area (TPSA) is 76.9 Å². The summed E-state index contributed by atoms with van der Waals surface area (Å²) in [5, 5.41) is 4.76. The van der Waals surface area contributed by atoms with Gasteiger partial charge in [-0.1, -0.05) is 59.8 Å². The van der Waals surface area contributed by atoms with Gasteiger partial charge < -0.3 is 5.32 Å². The summed E-state index contributed by atoms with van der Waals surface area (Å²) in [6.45, 7) is 2.08. The number of hydrogen-bond acceptors (Lipinski definition) is 7. The molecule has 1 N–H and O–H groups in total. The normalized spacial score (nSPS) is 13.0. The molecule has 0 saturated heterocycles. The van der Waals surface area contributed by atoms with Crippen LogP contribution >= 0.6 is 34.4 Å². The van der Waals surface area contributed by atoms with Crippen molar-refractivity contribution in [1.29, 1.82) is 0 Å². The van der Waals surface area contributed by atoms with Gasteiger partial charge in [-0.3, -0.25) is 14.2 Å². The molecule has 0 spiro atoms. The molecule has 0 atom stereocenters. The first-order valence-electron chi connectivity index (χ1n) is 12.6. The molecule has 2 aromatic carbocycles. The highest BCUT2D eigenvalue weighted by molar-refractivity contribution is 7.99. The number of aryl methyl sites for hydroxylation is 3. The van der Waals surface area contributed by atoms with E-state index in [1.165, 1.54) is 39.1 Å². The highest BCUT2D eigenvalue weighted by atomic mass is 32.2. The van der Waals surface area contributed by atoms with Crippen molar-refractivity contribution in [2.24, 2.45) is 0 Å². The predicted molar refractivity (Wildman–Crippen MR) is 157 cm³/mol. The molecule has 3 aromatic heterocycles. The van der Waals surface area contributed by atoms with Crippen molar-refractivity contribution in [1.82, 2.24) is 14.5 Å². The number of hydrogen-bond donors (Lipinski definition) is 1. The molecule has 38 heavy (non-hydrogen) atoms. The van der Waals surface area contributed by atoms with E-state index in [0.29, 0.717) is 10.3 Å². The van der Waals surface area contributed by atoms with Crippen LogP contribution in [0.1, 0.15) is 39.3 Å². The lowest BCUT2D eigenvalue weighted by Gasteiger charge is -2.13. The Bertz CT molecular complexity index is 1690. The maximum absolute atomic E-state index is 13.8. The van der Waals surface area contributed by atoms with Crippen LogP contribution in [-0.4, -0.2) is 26.2 Å². The van der Waals surface area contributed by atoms with E-state index in [1.54, 1.807) is 15.9 Å². The molecule has 9 heteroatoms. The number of anilines is 1. The van der Waals surface area contributed by atoms with Crippen molar-refractivity contribution in [3.8, 4) is 5.69 Å². The standard InChI is InChI=1S/C29H26N4O2S3/c1-18-8-7-9-19(14-18)15-21-16-30-28(37-21)31-24(34)17-36-29-32-26-25(22-12-5-6-13-23(22)38-26)27(35)33(29)20-10-3-2-4-11-20/h2-4,7-11,14,16H,5-6,12-13,15,17H2,1H3,(H,30,31,34). The number of para-hydroxylation sites is 1. The fourth-order valence-corrected chi connectivity index (χ4v) is 7.82. The molecule has 6 nitrogen and oxygen atoms in total. The lowest BCUT2D eigenvalue weighted by atomic mass is 9.97. The molecule has 5 aromatic rings. The average molecular weight is 559 g/mol. The fraction of sp³-hybridized carbons (Fsp3) is 0.241. The number of benzene rings is 2. The van der Waals surface area contributed by atoms with Gasteiger partial charge in [0.05, 0.1) is 16.8 Å². The summed E-state index contributed by atoms with van der Waals surface area (Å²) in [5.74, 6) is -0.0475. The molecule has 0 saturated carbocycles. The minimum Gasteiger partial charge on any atom is -0.301 e. The minimum absolute atomic E-state index is 0.0516. The van der Waals surface area contributed by atoms with Gasteiger partial charge >= 0.3 is 0 Å². The van der Waals surface area contributed by atoms with E-state index in [0.717, 1.165) is 58.4 Å². The van der Waals surface area contributed by atoms with Crippen LogP contribution in [0.4, 0.5) is 5.13 Å². The predicted octanol–water partition coefficient (Wildman–Crippen LogP) is 6.41. The second kappa shape index (κ2) is 10.8. The maximum atomic E-state index is 13.8. The summed E-state index contributed by atoms with van der Waals surface area (Å²) < 4.78 is 1.66. The van der Waals surface area contributed by atoms with Gasteiger partial charge in [0.15, 0.2) is 10.3 Å². The Kier molecular flexibility index (Phi) is 7.14. The Morgan fingerprint density at radius 1 is 1.08 bits per heavy atom. The molecule has 192 valence electrons. The van der Waals surface area contributed by atoms with Crippen LogP contribution in [0.25, 0.3) is 15.9 Å². The molecule has 6 rings (SSSR count). The van der Waals surface area contributed by atoms with Crippen LogP contribution in [0.2, 0.25) is 0 Å². The number of nitrogens with zero attached hydrogens (tertiary/aromatic N) is 3. The number of thiazole rings is 1. The first-order chi connectivity index (χ1) is 18.5. The van der Waals surface area contributed by atoms with E-state index in [9.17, 15) is 9.59 Å². The first kappa shape index (κ1) is 25.0. The number of amides is 1. The van der Waals surface area contributed by atoms with Crippen molar-refractivity contribution < 1.29 is 4.79 Å². The van der Waals surface area contributed by atoms with Gasteiger partial charge in [0.1, 0.15) is 4.83 Å². The SMILES string of the molecule is Cc1cccc(Cc2cnc(NC(=O)CSc3nc4sc5c(c4c(=O)n3-c3ccccc3)CCCC5)s2)c1. The minimum atomic E-state index is -0.175. The second-order valence-corrected chi connectivity index (χ2v) is 12.5. The molecule has 0 aliphatic heterocycles. The van der Waals surface area contributed by atoms with Crippen molar-refractivity contribution in [3.63, 3.8) is 0 Å². The van der Waals surface area contributed by atoms with Crippen LogP contribution in [0.3, 0.4) is 0 Å². The van der Waals surface area contributed by atoms with Crippen molar-refractivity contribution in [3.05, 3.63) is 97.6 Å². The monoisotopic (exact) mass is 558 g/mol. The summed E-state index contributed by atoms with van der Waals surface area (Å²) in [4.78, 5) is 39.1. The Hall–Kier alpha value is -3.27. The quantitative estimate of drug-likeness (QED) is 0.184. The van der Waals surface area contributed by atoms with Crippen LogP contribution in [0, 0.1) is 6.92 Å². The Morgan fingerprint density at radius 2 is 1.92 bits per heavy atom. The number of carbonyl (C=O) groups excluding carboxylic acids is 1. The van der Waals surface area contributed by atoms with E-state index in [2.05, 4.69) is 41.5 Å². The van der Waals surface area contributed by atoms with Crippen molar-refractivity contribution >= 4 is 55.7 Å². The lowest BCUT2D eigenvalue weighted by Crippen LogP contribution is -2.23. The zero-order valence-corrected chi connectivity index (χ0v) is 23.3. The molecule has 1 aliphatic carbocycles. The van der Waals surface area contributed by atoms with Gasteiger partial charge in [0.25, 0.3) is 5.56 Å². The van der Waals surface area contributed by atoms with E-state index < -0.39 is 0 Å².